The summed E-state index contributed by atoms with van der Waals surface area (Å²) in [6.07, 6.45) is 0. The normalized spacial score (nSPS) is 10.8. The molecule has 0 aliphatic carbocycles. The van der Waals surface area contributed by atoms with Crippen LogP contribution in [0.15, 0.2) is 88.7 Å². The lowest BCUT2D eigenvalue weighted by Gasteiger charge is -2.12. The molecule has 1 amide bonds. The van der Waals surface area contributed by atoms with Crippen molar-refractivity contribution in [1.82, 2.24) is 4.98 Å². The third-order valence-electron chi connectivity index (χ3n) is 5.98. The van der Waals surface area contributed by atoms with Crippen LogP contribution in [0.1, 0.15) is 27.6 Å². The van der Waals surface area contributed by atoms with Crippen molar-refractivity contribution in [2.45, 2.75) is 6.92 Å². The molecule has 0 bridgehead atoms. The average molecular weight is 587 g/mol. The van der Waals surface area contributed by atoms with Gasteiger partial charge in [-0.05, 0) is 61.0 Å². The quantitative estimate of drug-likeness (QED) is 0.197. The van der Waals surface area contributed by atoms with Gasteiger partial charge in [0.1, 0.15) is 16.3 Å². The lowest BCUT2D eigenvalue weighted by Crippen LogP contribution is -2.15. The van der Waals surface area contributed by atoms with Crippen LogP contribution in [0, 0.1) is 0 Å². The Morgan fingerprint density at radius 3 is 2.39 bits per heavy atom. The van der Waals surface area contributed by atoms with Crippen LogP contribution in [0.4, 0.5) is 5.00 Å². The second-order valence-corrected chi connectivity index (χ2v) is 10.1. The smallest absolute Gasteiger partial charge is 0.341 e. The van der Waals surface area contributed by atoms with Crippen LogP contribution in [-0.2, 0) is 4.74 Å². The molecule has 190 valence electrons. The number of ether oxygens (including phenoxy) is 2. The van der Waals surface area contributed by atoms with Crippen LogP contribution < -0.4 is 10.1 Å². The van der Waals surface area contributed by atoms with Crippen molar-refractivity contribution in [2.75, 3.05) is 19.0 Å². The topological polar surface area (TPSA) is 77.5 Å². The van der Waals surface area contributed by atoms with Crippen LogP contribution in [0.5, 0.6) is 5.75 Å². The van der Waals surface area contributed by atoms with Gasteiger partial charge in [0, 0.05) is 26.4 Å². The minimum absolute atomic E-state index is 0.318. The molecule has 0 saturated carbocycles. The first-order valence-corrected chi connectivity index (χ1v) is 13.6. The number of nitrogens with zero attached hydrogens (tertiary/aromatic N) is 1. The molecule has 0 aliphatic rings. The number of nitrogens with one attached hydrogen (secondary N) is 1. The maximum atomic E-state index is 13.7. The van der Waals surface area contributed by atoms with E-state index in [4.69, 9.17) is 14.5 Å². The summed E-state index contributed by atoms with van der Waals surface area (Å²) in [4.78, 5) is 31.3. The molecule has 3 aromatic carbocycles. The third kappa shape index (κ3) is 5.18. The molecule has 38 heavy (non-hydrogen) atoms. The number of hydrogen-bond donors (Lipinski definition) is 1. The summed E-state index contributed by atoms with van der Waals surface area (Å²) in [5, 5.41) is 5.94. The molecular formula is C30H23BrN2O4S. The molecule has 0 atom stereocenters. The predicted octanol–water partition coefficient (Wildman–Crippen LogP) is 7.83. The van der Waals surface area contributed by atoms with E-state index in [2.05, 4.69) is 21.2 Å². The molecule has 0 spiro atoms. The lowest BCUT2D eigenvalue weighted by atomic mass is 10.0. The largest absolute Gasteiger partial charge is 0.494 e. The van der Waals surface area contributed by atoms with Crippen molar-refractivity contribution < 1.29 is 19.1 Å². The highest BCUT2D eigenvalue weighted by molar-refractivity contribution is 9.10. The average Bonchev–Trinajstić information content (AvgIpc) is 3.36. The molecule has 5 aromatic rings. The molecule has 2 heterocycles. The number of carbonyl (C=O) groups is 2. The standard InChI is InChI=1S/C30H23BrN2O4S/c1-3-37-21-14-10-19(11-15-21)26-16-23(22-6-4-5-7-25(22)32-26)28(34)33-29-27(30(35)36-2)24(17-38-29)18-8-12-20(31)13-9-18/h4-17H,3H2,1-2H3,(H,33,34). The number of methoxy groups -OCH3 is 1. The molecule has 0 radical (unpaired) electrons. The number of hydrogen-bond acceptors (Lipinski definition) is 6. The molecule has 8 heteroatoms. The van der Waals surface area contributed by atoms with Gasteiger partial charge in [-0.2, -0.15) is 0 Å². The van der Waals surface area contributed by atoms with E-state index < -0.39 is 5.97 Å². The number of benzene rings is 3. The minimum atomic E-state index is -0.519. The summed E-state index contributed by atoms with van der Waals surface area (Å²) in [7, 11) is 1.33. The van der Waals surface area contributed by atoms with Gasteiger partial charge in [0.2, 0.25) is 0 Å². The van der Waals surface area contributed by atoms with E-state index in [9.17, 15) is 9.59 Å². The number of esters is 1. The first kappa shape index (κ1) is 25.6. The zero-order chi connectivity index (χ0) is 26.6. The second-order valence-electron chi connectivity index (χ2n) is 8.34. The van der Waals surface area contributed by atoms with E-state index in [-0.39, 0.29) is 5.91 Å². The van der Waals surface area contributed by atoms with E-state index >= 15 is 0 Å². The number of fused-ring (bicyclic) bond motifs is 1. The Morgan fingerprint density at radius 2 is 1.68 bits per heavy atom. The number of thiophene rings is 1. The lowest BCUT2D eigenvalue weighted by molar-refractivity contribution is 0.0603. The van der Waals surface area contributed by atoms with Crippen LogP contribution in [0.2, 0.25) is 0 Å². The fourth-order valence-electron chi connectivity index (χ4n) is 4.17. The molecule has 0 aliphatic heterocycles. The Bertz CT molecular complexity index is 1630. The van der Waals surface area contributed by atoms with Crippen molar-refractivity contribution in [3.63, 3.8) is 0 Å². The number of rotatable bonds is 7. The van der Waals surface area contributed by atoms with Crippen molar-refractivity contribution in [3.8, 4) is 28.1 Å². The monoisotopic (exact) mass is 586 g/mol. The summed E-state index contributed by atoms with van der Waals surface area (Å²) in [6.45, 7) is 2.52. The number of carbonyl (C=O) groups excluding carboxylic acids is 2. The third-order valence-corrected chi connectivity index (χ3v) is 7.41. The SMILES string of the molecule is CCOc1ccc(-c2cc(C(=O)Nc3scc(-c4ccc(Br)cc4)c3C(=O)OC)c3ccccc3n2)cc1. The number of pyridine rings is 1. The van der Waals surface area contributed by atoms with Gasteiger partial charge in [-0.15, -0.1) is 11.3 Å². The van der Waals surface area contributed by atoms with E-state index in [0.717, 1.165) is 21.3 Å². The maximum absolute atomic E-state index is 13.7. The van der Waals surface area contributed by atoms with Crippen LogP contribution in [-0.4, -0.2) is 30.6 Å². The highest BCUT2D eigenvalue weighted by Gasteiger charge is 2.24. The first-order valence-electron chi connectivity index (χ1n) is 11.9. The van der Waals surface area contributed by atoms with Crippen molar-refractivity contribution in [3.05, 3.63) is 99.8 Å². The molecular weight excluding hydrogens is 564 g/mol. The fraction of sp³-hybridized carbons (Fsp3) is 0.100. The van der Waals surface area contributed by atoms with Gasteiger partial charge in [-0.1, -0.05) is 46.3 Å². The Balaban J connectivity index is 1.55. The second kappa shape index (κ2) is 11.2. The Morgan fingerprint density at radius 1 is 0.974 bits per heavy atom. The highest BCUT2D eigenvalue weighted by atomic mass is 79.9. The molecule has 6 nitrogen and oxygen atoms in total. The zero-order valence-corrected chi connectivity index (χ0v) is 23.1. The van der Waals surface area contributed by atoms with Crippen molar-refractivity contribution >= 4 is 55.0 Å². The molecule has 5 rings (SSSR count). The minimum Gasteiger partial charge on any atom is -0.494 e. The number of para-hydroxylation sites is 1. The molecule has 0 fully saturated rings. The Kier molecular flexibility index (Phi) is 7.53. The number of halogens is 1. The van der Waals surface area contributed by atoms with Crippen LogP contribution >= 0.6 is 27.3 Å². The Hall–Kier alpha value is -4.01. The van der Waals surface area contributed by atoms with Gasteiger partial charge in [-0.25, -0.2) is 9.78 Å². The zero-order valence-electron chi connectivity index (χ0n) is 20.7. The van der Waals surface area contributed by atoms with Crippen LogP contribution in [0.3, 0.4) is 0 Å². The maximum Gasteiger partial charge on any atom is 0.341 e. The summed E-state index contributed by atoms with van der Waals surface area (Å²) in [5.74, 6) is -0.0936. The van der Waals surface area contributed by atoms with Crippen LogP contribution in [0.25, 0.3) is 33.3 Å². The summed E-state index contributed by atoms with van der Waals surface area (Å²) in [6, 6.07) is 24.5. The van der Waals surface area contributed by atoms with Gasteiger partial charge in [0.25, 0.3) is 5.91 Å². The molecule has 0 unspecified atom stereocenters. The van der Waals surface area contributed by atoms with Gasteiger partial charge in [-0.3, -0.25) is 4.79 Å². The van der Waals surface area contributed by atoms with E-state index in [1.807, 2.05) is 85.1 Å². The first-order chi connectivity index (χ1) is 18.5. The number of anilines is 1. The molecule has 1 N–H and O–H groups in total. The van der Waals surface area contributed by atoms with Crippen molar-refractivity contribution in [2.24, 2.45) is 0 Å². The Labute approximate surface area is 232 Å². The van der Waals surface area contributed by atoms with E-state index in [0.29, 0.717) is 44.9 Å². The van der Waals surface area contributed by atoms with E-state index in [1.165, 1.54) is 18.4 Å². The number of aromatic nitrogens is 1. The van der Waals surface area contributed by atoms with Gasteiger partial charge in [0.15, 0.2) is 0 Å². The van der Waals surface area contributed by atoms with Gasteiger partial charge in [0.05, 0.1) is 30.5 Å². The molecule has 0 saturated heterocycles. The van der Waals surface area contributed by atoms with E-state index in [1.54, 1.807) is 6.07 Å². The van der Waals surface area contributed by atoms with Gasteiger partial charge >= 0.3 is 5.97 Å². The highest BCUT2D eigenvalue weighted by Crippen LogP contribution is 2.37. The summed E-state index contributed by atoms with van der Waals surface area (Å²) in [5.41, 5.74) is 4.52. The fourth-order valence-corrected chi connectivity index (χ4v) is 5.38. The van der Waals surface area contributed by atoms with Crippen molar-refractivity contribution in [1.29, 1.82) is 0 Å². The summed E-state index contributed by atoms with van der Waals surface area (Å²) >= 11 is 4.72. The summed E-state index contributed by atoms with van der Waals surface area (Å²) < 4.78 is 11.5. The number of amides is 1. The van der Waals surface area contributed by atoms with Gasteiger partial charge < -0.3 is 14.8 Å². The predicted molar refractivity (Wildman–Crippen MR) is 155 cm³/mol. The molecule has 2 aromatic heterocycles.